The van der Waals surface area contributed by atoms with Crippen LogP contribution < -0.4 is 18.9 Å². The molecule has 0 bridgehead atoms. The average molecular weight is 480 g/mol. The van der Waals surface area contributed by atoms with E-state index in [0.29, 0.717) is 18.1 Å². The molecule has 5 nitrogen and oxygen atoms in total. The second kappa shape index (κ2) is 8.33. The molecule has 3 aromatic carbocycles. The van der Waals surface area contributed by atoms with Gasteiger partial charge in [-0.25, -0.2) is 0 Å². The van der Waals surface area contributed by atoms with Gasteiger partial charge >= 0.3 is 0 Å². The molecule has 0 fully saturated rings. The zero-order chi connectivity index (χ0) is 21.4. The molecule has 3 aromatic rings. The van der Waals surface area contributed by atoms with Crippen molar-refractivity contribution in [3.05, 3.63) is 58.1 Å². The molecule has 1 atom stereocenters. The molecule has 31 heavy (non-hydrogen) atoms. The molecule has 0 spiro atoms. The summed E-state index contributed by atoms with van der Waals surface area (Å²) in [4.78, 5) is 2.23. The van der Waals surface area contributed by atoms with Gasteiger partial charge in [-0.1, -0.05) is 42.2 Å². The minimum Gasteiger partial charge on any atom is -0.492 e. The van der Waals surface area contributed by atoms with Crippen LogP contribution in [0, 0.1) is 11.8 Å². The Morgan fingerprint density at radius 3 is 2.94 bits per heavy atom. The number of hydrogen-bond acceptors (Lipinski definition) is 5. The normalized spacial score (nSPS) is 17.1. The summed E-state index contributed by atoms with van der Waals surface area (Å²) in [5, 5.41) is 2.29. The van der Waals surface area contributed by atoms with Crippen LogP contribution in [-0.4, -0.2) is 39.0 Å². The molecule has 158 valence electrons. The van der Waals surface area contributed by atoms with Gasteiger partial charge in [0, 0.05) is 12.1 Å². The van der Waals surface area contributed by atoms with Crippen LogP contribution in [0.5, 0.6) is 23.0 Å². The second-order valence-corrected chi connectivity index (χ2v) is 8.35. The third-order valence-corrected chi connectivity index (χ3v) is 6.58. The minimum atomic E-state index is -0.100. The summed E-state index contributed by atoms with van der Waals surface area (Å²) >= 11 is 3.67. The fourth-order valence-electron chi connectivity index (χ4n) is 4.19. The minimum absolute atomic E-state index is 0.100. The molecule has 2 aliphatic heterocycles. The second-order valence-electron chi connectivity index (χ2n) is 7.56. The smallest absolute Gasteiger partial charge is 0.231 e. The Kier molecular flexibility index (Phi) is 5.39. The van der Waals surface area contributed by atoms with Gasteiger partial charge in [-0.15, -0.1) is 0 Å². The number of rotatable bonds is 3. The van der Waals surface area contributed by atoms with Gasteiger partial charge in [-0.3, -0.25) is 4.90 Å². The van der Waals surface area contributed by atoms with E-state index in [1.54, 1.807) is 7.11 Å². The molecule has 0 saturated carbocycles. The van der Waals surface area contributed by atoms with Crippen molar-refractivity contribution >= 4 is 26.7 Å². The number of likely N-dealkylation sites (N-methyl/N-ethyl adjacent to an activating group) is 1. The van der Waals surface area contributed by atoms with E-state index in [0.717, 1.165) is 39.9 Å². The molecule has 2 heterocycles. The van der Waals surface area contributed by atoms with Crippen molar-refractivity contribution < 1.29 is 18.9 Å². The first-order valence-electron chi connectivity index (χ1n) is 10.2. The van der Waals surface area contributed by atoms with Crippen molar-refractivity contribution in [3.63, 3.8) is 0 Å². The summed E-state index contributed by atoms with van der Waals surface area (Å²) in [6.45, 7) is 1.42. The Hall–Kier alpha value is -2.88. The van der Waals surface area contributed by atoms with Crippen LogP contribution in [0.1, 0.15) is 17.2 Å². The van der Waals surface area contributed by atoms with E-state index in [4.69, 9.17) is 18.9 Å². The van der Waals surface area contributed by atoms with E-state index in [1.807, 2.05) is 18.2 Å². The number of ether oxygens (including phenoxy) is 4. The van der Waals surface area contributed by atoms with Crippen LogP contribution in [0.15, 0.2) is 46.9 Å². The van der Waals surface area contributed by atoms with Crippen molar-refractivity contribution in [1.82, 2.24) is 4.90 Å². The predicted molar refractivity (Wildman–Crippen MR) is 123 cm³/mol. The first kappa shape index (κ1) is 20.0. The highest BCUT2D eigenvalue weighted by Gasteiger charge is 2.33. The van der Waals surface area contributed by atoms with Gasteiger partial charge in [0.25, 0.3) is 0 Å². The van der Waals surface area contributed by atoms with Crippen molar-refractivity contribution in [2.45, 2.75) is 12.5 Å². The topological polar surface area (TPSA) is 40.2 Å². The maximum atomic E-state index is 5.97. The maximum absolute atomic E-state index is 5.97. The Morgan fingerprint density at radius 2 is 2.06 bits per heavy atom. The van der Waals surface area contributed by atoms with E-state index < -0.39 is 0 Å². The number of nitrogens with zero attached hydrogens (tertiary/aromatic N) is 1. The largest absolute Gasteiger partial charge is 0.492 e. The highest BCUT2D eigenvalue weighted by Crippen LogP contribution is 2.49. The molecule has 5 rings (SSSR count). The van der Waals surface area contributed by atoms with E-state index in [-0.39, 0.29) is 12.8 Å². The lowest BCUT2D eigenvalue weighted by molar-refractivity contribution is 0.171. The number of hydrogen-bond donors (Lipinski definition) is 0. The van der Waals surface area contributed by atoms with Crippen LogP contribution in [0.2, 0.25) is 0 Å². The average Bonchev–Trinajstić information content (AvgIpc) is 3.26. The summed E-state index contributed by atoms with van der Waals surface area (Å²) in [5.41, 5.74) is 2.25. The van der Waals surface area contributed by atoms with Gasteiger partial charge in [0.1, 0.15) is 18.4 Å². The predicted octanol–water partition coefficient (Wildman–Crippen LogP) is 4.95. The zero-order valence-electron chi connectivity index (χ0n) is 17.4. The van der Waals surface area contributed by atoms with Gasteiger partial charge in [0.15, 0.2) is 11.5 Å². The molecule has 0 aliphatic carbocycles. The van der Waals surface area contributed by atoms with E-state index >= 15 is 0 Å². The number of halogens is 1. The summed E-state index contributed by atoms with van der Waals surface area (Å²) in [6, 6.07) is 14.2. The Balaban J connectivity index is 1.40. The van der Waals surface area contributed by atoms with Crippen molar-refractivity contribution in [2.75, 3.05) is 34.1 Å². The number of benzene rings is 3. The van der Waals surface area contributed by atoms with E-state index in [2.05, 4.69) is 64.0 Å². The molecular formula is C25H22BrNO4. The van der Waals surface area contributed by atoms with E-state index in [9.17, 15) is 0 Å². The summed E-state index contributed by atoms with van der Waals surface area (Å²) in [6.07, 6.45) is 0.914. The molecular weight excluding hydrogens is 458 g/mol. The summed E-state index contributed by atoms with van der Waals surface area (Å²) in [7, 11) is 3.74. The van der Waals surface area contributed by atoms with Crippen molar-refractivity contribution in [3.8, 4) is 34.8 Å². The summed E-state index contributed by atoms with van der Waals surface area (Å²) < 4.78 is 23.9. The Bertz CT molecular complexity index is 1210. The summed E-state index contributed by atoms with van der Waals surface area (Å²) in [5.74, 6) is 9.50. The van der Waals surface area contributed by atoms with Gasteiger partial charge in [-0.2, -0.15) is 0 Å². The first-order chi connectivity index (χ1) is 15.2. The molecule has 0 radical (unpaired) electrons. The van der Waals surface area contributed by atoms with Crippen LogP contribution in [-0.2, 0) is 6.42 Å². The zero-order valence-corrected chi connectivity index (χ0v) is 19.0. The molecule has 0 amide bonds. The van der Waals surface area contributed by atoms with Crippen LogP contribution in [0.4, 0.5) is 0 Å². The van der Waals surface area contributed by atoms with Gasteiger partial charge in [-0.05, 0) is 57.9 Å². The monoisotopic (exact) mass is 479 g/mol. The lowest BCUT2D eigenvalue weighted by Gasteiger charge is -2.32. The quantitative estimate of drug-likeness (QED) is 0.497. The molecule has 0 saturated heterocycles. The number of methoxy groups -OCH3 is 1. The fourth-order valence-corrected chi connectivity index (χ4v) is 4.80. The molecule has 2 aliphatic rings. The molecule has 0 aromatic heterocycles. The third-order valence-electron chi connectivity index (χ3n) is 5.76. The van der Waals surface area contributed by atoms with Crippen molar-refractivity contribution in [2.24, 2.45) is 0 Å². The van der Waals surface area contributed by atoms with Gasteiger partial charge in [0.2, 0.25) is 12.5 Å². The van der Waals surface area contributed by atoms with Gasteiger partial charge < -0.3 is 18.9 Å². The SMILES string of the molecule is COc1c2c(cc3c1[C@@H](C#CCOc1ccc4ccccc4c1Br)N(C)CC3)OCO2. The third kappa shape index (κ3) is 3.58. The lowest BCUT2D eigenvalue weighted by Crippen LogP contribution is -2.31. The van der Waals surface area contributed by atoms with Crippen LogP contribution in [0.25, 0.3) is 10.8 Å². The highest BCUT2D eigenvalue weighted by atomic mass is 79.9. The maximum Gasteiger partial charge on any atom is 0.231 e. The Labute approximate surface area is 190 Å². The van der Waals surface area contributed by atoms with Gasteiger partial charge in [0.05, 0.1) is 11.6 Å². The molecule has 6 heteroatoms. The molecule has 0 unspecified atom stereocenters. The molecule has 0 N–H and O–H groups in total. The first-order valence-corrected chi connectivity index (χ1v) is 10.9. The van der Waals surface area contributed by atoms with E-state index in [1.165, 1.54) is 10.9 Å². The van der Waals surface area contributed by atoms with Crippen molar-refractivity contribution in [1.29, 1.82) is 0 Å². The fraction of sp³-hybridized carbons (Fsp3) is 0.280. The van der Waals surface area contributed by atoms with Crippen LogP contribution >= 0.6 is 15.9 Å². The standard InChI is InChI=1S/C25H22BrNO4/c1-27-12-11-17-14-21-24(31-15-30-21)25(28-2)22(17)19(27)8-5-13-29-20-10-9-16-6-3-4-7-18(16)23(20)26/h3-4,6-7,9-10,14,19H,11-13,15H2,1-2H3/t19-/m1/s1. The lowest BCUT2D eigenvalue weighted by atomic mass is 9.91. The highest BCUT2D eigenvalue weighted by molar-refractivity contribution is 9.10. The van der Waals surface area contributed by atoms with Crippen LogP contribution in [0.3, 0.4) is 0 Å². The number of fused-ring (bicyclic) bond motifs is 3. The Morgan fingerprint density at radius 1 is 1.19 bits per heavy atom.